The Balaban J connectivity index is 1.98. The number of carbonyl (C=O) groups is 2. The molecule has 0 aromatic heterocycles. The molecule has 0 fully saturated rings. The molecule has 1 unspecified atom stereocenters. The van der Waals surface area contributed by atoms with E-state index >= 15 is 0 Å². The molecular weight excluding hydrogens is 409 g/mol. The van der Waals surface area contributed by atoms with Crippen LogP contribution in [-0.2, 0) is 4.79 Å². The van der Waals surface area contributed by atoms with E-state index in [0.717, 1.165) is 11.1 Å². The SMILES string of the molecule is Cc1ccc(NC(=O)NC(NC(=O)/C=C/c2ccccc2)C(Cl)(Cl)Cl)cc1. The van der Waals surface area contributed by atoms with Gasteiger partial charge in [-0.25, -0.2) is 4.79 Å². The molecule has 27 heavy (non-hydrogen) atoms. The fourth-order valence-electron chi connectivity index (χ4n) is 2.06. The maximum Gasteiger partial charge on any atom is 0.320 e. The van der Waals surface area contributed by atoms with Crippen LogP contribution >= 0.6 is 34.8 Å². The fourth-order valence-corrected chi connectivity index (χ4v) is 2.39. The van der Waals surface area contributed by atoms with E-state index in [1.54, 1.807) is 18.2 Å². The van der Waals surface area contributed by atoms with Crippen molar-refractivity contribution in [2.24, 2.45) is 0 Å². The number of hydrogen-bond acceptors (Lipinski definition) is 2. The molecule has 0 aliphatic carbocycles. The summed E-state index contributed by atoms with van der Waals surface area (Å²) in [6, 6.07) is 15.8. The quantitative estimate of drug-likeness (QED) is 0.370. The number of amides is 3. The molecule has 0 radical (unpaired) electrons. The van der Waals surface area contributed by atoms with E-state index in [0.29, 0.717) is 5.69 Å². The van der Waals surface area contributed by atoms with E-state index in [4.69, 9.17) is 34.8 Å². The third-order valence-electron chi connectivity index (χ3n) is 3.43. The van der Waals surface area contributed by atoms with Crippen LogP contribution in [0, 0.1) is 6.92 Å². The largest absolute Gasteiger partial charge is 0.329 e. The highest BCUT2D eigenvalue weighted by molar-refractivity contribution is 6.68. The molecule has 5 nitrogen and oxygen atoms in total. The topological polar surface area (TPSA) is 70.2 Å². The zero-order valence-electron chi connectivity index (χ0n) is 14.4. The number of anilines is 1. The van der Waals surface area contributed by atoms with E-state index in [1.165, 1.54) is 6.08 Å². The van der Waals surface area contributed by atoms with E-state index in [2.05, 4.69) is 16.0 Å². The summed E-state index contributed by atoms with van der Waals surface area (Å²) in [7, 11) is 0. The Morgan fingerprint density at radius 1 is 0.963 bits per heavy atom. The van der Waals surface area contributed by atoms with Crippen molar-refractivity contribution in [2.45, 2.75) is 16.9 Å². The van der Waals surface area contributed by atoms with Gasteiger partial charge in [0.25, 0.3) is 0 Å². The van der Waals surface area contributed by atoms with Gasteiger partial charge in [0.05, 0.1) is 0 Å². The monoisotopic (exact) mass is 425 g/mol. The molecule has 0 aliphatic heterocycles. The number of benzene rings is 2. The third kappa shape index (κ3) is 7.51. The van der Waals surface area contributed by atoms with E-state index in [1.807, 2.05) is 49.4 Å². The summed E-state index contributed by atoms with van der Waals surface area (Å²) in [6.45, 7) is 1.93. The first-order valence-corrected chi connectivity index (χ1v) is 9.12. The van der Waals surface area contributed by atoms with Crippen molar-refractivity contribution >= 4 is 58.5 Å². The second-order valence-electron chi connectivity index (χ2n) is 5.69. The lowest BCUT2D eigenvalue weighted by Crippen LogP contribution is -2.55. The van der Waals surface area contributed by atoms with Crippen LogP contribution in [0.4, 0.5) is 10.5 Å². The Bertz CT molecular complexity index is 803. The molecule has 2 aromatic carbocycles. The molecule has 0 spiro atoms. The highest BCUT2D eigenvalue weighted by Gasteiger charge is 2.35. The van der Waals surface area contributed by atoms with Crippen LogP contribution in [0.3, 0.4) is 0 Å². The summed E-state index contributed by atoms with van der Waals surface area (Å²) in [4.78, 5) is 24.3. The van der Waals surface area contributed by atoms with Crippen LogP contribution in [0.15, 0.2) is 60.7 Å². The van der Waals surface area contributed by atoms with Crippen molar-refractivity contribution in [3.8, 4) is 0 Å². The van der Waals surface area contributed by atoms with Crippen molar-refractivity contribution in [1.82, 2.24) is 10.6 Å². The van der Waals surface area contributed by atoms with Gasteiger partial charge in [0.2, 0.25) is 9.70 Å². The lowest BCUT2D eigenvalue weighted by atomic mass is 10.2. The highest BCUT2D eigenvalue weighted by Crippen LogP contribution is 2.29. The fraction of sp³-hybridized carbons (Fsp3) is 0.158. The first-order valence-electron chi connectivity index (χ1n) is 7.98. The standard InChI is InChI=1S/C19H18Cl3N3O2/c1-13-7-10-15(11-8-13)23-18(27)25-17(19(20,21)22)24-16(26)12-9-14-5-3-2-4-6-14/h2-12,17H,1H3,(H,24,26)(H2,23,25,27)/b12-9+. The van der Waals surface area contributed by atoms with Crippen LogP contribution < -0.4 is 16.0 Å². The summed E-state index contributed by atoms with van der Waals surface area (Å²) in [6.07, 6.45) is 1.66. The maximum absolute atomic E-state index is 12.1. The molecule has 0 aliphatic rings. The van der Waals surface area contributed by atoms with Crippen molar-refractivity contribution in [1.29, 1.82) is 0 Å². The summed E-state index contributed by atoms with van der Waals surface area (Å²) in [5.74, 6) is -0.522. The number of hydrogen-bond donors (Lipinski definition) is 3. The summed E-state index contributed by atoms with van der Waals surface area (Å²) in [5, 5.41) is 7.50. The normalized spacial score (nSPS) is 12.4. The summed E-state index contributed by atoms with van der Waals surface area (Å²) in [5.41, 5.74) is 2.46. The van der Waals surface area contributed by atoms with Crippen LogP contribution in [0.5, 0.6) is 0 Å². The summed E-state index contributed by atoms with van der Waals surface area (Å²) < 4.78 is -1.94. The van der Waals surface area contributed by atoms with Gasteiger partial charge in [0.1, 0.15) is 0 Å². The Kier molecular flexibility index (Phi) is 7.54. The van der Waals surface area contributed by atoms with Gasteiger partial charge in [-0.2, -0.15) is 0 Å². The second-order valence-corrected chi connectivity index (χ2v) is 8.06. The molecule has 3 amide bonds. The molecule has 2 rings (SSSR count). The van der Waals surface area contributed by atoms with Crippen molar-refractivity contribution < 1.29 is 9.59 Å². The molecular formula is C19H18Cl3N3O2. The third-order valence-corrected chi connectivity index (χ3v) is 4.08. The molecule has 3 N–H and O–H groups in total. The Morgan fingerprint density at radius 2 is 1.59 bits per heavy atom. The van der Waals surface area contributed by atoms with E-state index < -0.39 is 21.9 Å². The zero-order chi connectivity index (χ0) is 19.9. The van der Waals surface area contributed by atoms with Gasteiger partial charge in [-0.3, -0.25) is 4.79 Å². The van der Waals surface area contributed by atoms with Gasteiger partial charge in [-0.05, 0) is 30.7 Å². The average molecular weight is 427 g/mol. The molecule has 8 heteroatoms. The smallest absolute Gasteiger partial charge is 0.320 e. The molecule has 1 atom stereocenters. The number of nitrogens with one attached hydrogen (secondary N) is 3. The van der Waals surface area contributed by atoms with Crippen molar-refractivity contribution in [2.75, 3.05) is 5.32 Å². The average Bonchev–Trinajstić information content (AvgIpc) is 2.61. The number of carbonyl (C=O) groups excluding carboxylic acids is 2. The van der Waals surface area contributed by atoms with Gasteiger partial charge >= 0.3 is 6.03 Å². The molecule has 0 heterocycles. The Morgan fingerprint density at radius 3 is 2.19 bits per heavy atom. The molecule has 0 bridgehead atoms. The minimum absolute atomic E-state index is 0.522. The minimum Gasteiger partial charge on any atom is -0.329 e. The number of aryl methyl sites for hydroxylation is 1. The van der Waals surface area contributed by atoms with Crippen LogP contribution in [-0.4, -0.2) is 21.9 Å². The Labute approximate surface area is 172 Å². The number of rotatable bonds is 5. The molecule has 0 saturated heterocycles. The van der Waals surface area contributed by atoms with Gasteiger partial charge in [-0.1, -0.05) is 82.8 Å². The van der Waals surface area contributed by atoms with E-state index in [-0.39, 0.29) is 0 Å². The lowest BCUT2D eigenvalue weighted by Gasteiger charge is -2.26. The van der Waals surface area contributed by atoms with Crippen LogP contribution in [0.25, 0.3) is 6.08 Å². The first-order chi connectivity index (χ1) is 12.7. The molecule has 0 saturated carbocycles. The number of halogens is 3. The number of urea groups is 1. The van der Waals surface area contributed by atoms with E-state index in [9.17, 15) is 9.59 Å². The van der Waals surface area contributed by atoms with Crippen molar-refractivity contribution in [3.05, 3.63) is 71.8 Å². The number of alkyl halides is 3. The lowest BCUT2D eigenvalue weighted by molar-refractivity contribution is -0.117. The minimum atomic E-state index is -1.94. The van der Waals surface area contributed by atoms with Gasteiger partial charge in [0.15, 0.2) is 6.17 Å². The van der Waals surface area contributed by atoms with Gasteiger partial charge in [-0.15, -0.1) is 0 Å². The molecule has 142 valence electrons. The van der Waals surface area contributed by atoms with Crippen LogP contribution in [0.1, 0.15) is 11.1 Å². The second kappa shape index (κ2) is 9.65. The highest BCUT2D eigenvalue weighted by atomic mass is 35.6. The van der Waals surface area contributed by atoms with Gasteiger partial charge in [0, 0.05) is 11.8 Å². The predicted molar refractivity (Wildman–Crippen MR) is 111 cm³/mol. The van der Waals surface area contributed by atoms with Gasteiger partial charge < -0.3 is 16.0 Å². The first kappa shape index (κ1) is 21.1. The predicted octanol–water partition coefficient (Wildman–Crippen LogP) is 4.64. The van der Waals surface area contributed by atoms with Crippen molar-refractivity contribution in [3.63, 3.8) is 0 Å². The Hall–Kier alpha value is -2.21. The van der Waals surface area contributed by atoms with Crippen LogP contribution in [0.2, 0.25) is 0 Å². The molecule has 2 aromatic rings. The maximum atomic E-state index is 12.1. The zero-order valence-corrected chi connectivity index (χ0v) is 16.6. The summed E-state index contributed by atoms with van der Waals surface area (Å²) >= 11 is 17.6.